The fourth-order valence-corrected chi connectivity index (χ4v) is 3.36. The first-order chi connectivity index (χ1) is 12.2. The molecule has 1 aromatic rings. The van der Waals surface area contributed by atoms with Gasteiger partial charge in [-0.3, -0.25) is 9.67 Å². The molecule has 0 aliphatic heterocycles. The molecule has 1 aliphatic carbocycles. The van der Waals surface area contributed by atoms with E-state index < -0.39 is 12.1 Å². The maximum atomic E-state index is 12.8. The number of aromatic nitrogens is 2. The van der Waals surface area contributed by atoms with Gasteiger partial charge in [-0.25, -0.2) is 0 Å². The molecule has 1 unspecified atom stereocenters. The normalized spacial score (nSPS) is 22.3. The summed E-state index contributed by atoms with van der Waals surface area (Å²) in [7, 11) is 7.54. The maximum absolute atomic E-state index is 12.8. The van der Waals surface area contributed by atoms with Gasteiger partial charge in [-0.15, -0.1) is 24.0 Å². The molecule has 0 aromatic carbocycles. The number of likely N-dealkylation sites (N-methyl/N-ethyl adjacent to an activating group) is 1. The molecule has 1 fully saturated rings. The summed E-state index contributed by atoms with van der Waals surface area (Å²) in [6.45, 7) is 0.621. The average Bonchev–Trinajstić information content (AvgIpc) is 2.99. The Hall–Kier alpha value is -1.04. The molecule has 2 N–H and O–H groups in total. The standard InChI is InChI=1S/C17H29F3N6.HI/c1-21-16(24-14-7-5-13(6-8-14)17(18,19)20)22-10-15(25(2)3)12-9-23-26(4)11-12;/h9,11,13-15H,5-8,10H2,1-4H3,(H2,21,22,24);1H. The second-order valence-corrected chi connectivity index (χ2v) is 7.11. The molecule has 1 saturated carbocycles. The van der Waals surface area contributed by atoms with Crippen LogP contribution in [0.5, 0.6) is 0 Å². The lowest BCUT2D eigenvalue weighted by Crippen LogP contribution is -2.47. The number of alkyl halides is 3. The van der Waals surface area contributed by atoms with E-state index in [9.17, 15) is 13.2 Å². The molecule has 10 heteroatoms. The van der Waals surface area contributed by atoms with Crippen molar-refractivity contribution in [2.24, 2.45) is 18.0 Å². The van der Waals surface area contributed by atoms with E-state index in [0.29, 0.717) is 25.3 Å². The van der Waals surface area contributed by atoms with Crippen LogP contribution in [0.15, 0.2) is 17.4 Å². The molecule has 1 aliphatic rings. The van der Waals surface area contributed by atoms with Crippen LogP contribution in [0.25, 0.3) is 0 Å². The zero-order valence-electron chi connectivity index (χ0n) is 16.3. The third kappa shape index (κ3) is 7.13. The van der Waals surface area contributed by atoms with Crippen molar-refractivity contribution in [2.75, 3.05) is 27.7 Å². The van der Waals surface area contributed by atoms with Crippen LogP contribution in [0.1, 0.15) is 37.3 Å². The SMILES string of the molecule is CN=C(NCC(c1cnn(C)c1)N(C)C)NC1CCC(C(F)(F)F)CC1.I. The molecule has 1 heterocycles. The lowest BCUT2D eigenvalue weighted by molar-refractivity contribution is -0.182. The van der Waals surface area contributed by atoms with Crippen LogP contribution in [0.2, 0.25) is 0 Å². The van der Waals surface area contributed by atoms with Crippen molar-refractivity contribution in [1.82, 2.24) is 25.3 Å². The van der Waals surface area contributed by atoms with Crippen LogP contribution >= 0.6 is 24.0 Å². The Morgan fingerprint density at radius 3 is 2.41 bits per heavy atom. The summed E-state index contributed by atoms with van der Waals surface area (Å²) in [5.41, 5.74) is 1.09. The lowest BCUT2D eigenvalue weighted by atomic mass is 9.85. The summed E-state index contributed by atoms with van der Waals surface area (Å²) in [6, 6.07) is 0.138. The van der Waals surface area contributed by atoms with Crippen LogP contribution in [0.4, 0.5) is 13.2 Å². The number of halogens is 4. The molecule has 2 rings (SSSR count). The van der Waals surface area contributed by atoms with Gasteiger partial charge in [0.05, 0.1) is 18.2 Å². The van der Waals surface area contributed by atoms with Gasteiger partial charge >= 0.3 is 6.18 Å². The number of guanidine groups is 1. The molecule has 0 amide bonds. The Balaban J connectivity index is 0.00000364. The summed E-state index contributed by atoms with van der Waals surface area (Å²) in [5.74, 6) is -0.546. The Bertz CT molecular complexity index is 594. The van der Waals surface area contributed by atoms with Crippen molar-refractivity contribution in [2.45, 2.75) is 43.9 Å². The molecule has 27 heavy (non-hydrogen) atoms. The minimum absolute atomic E-state index is 0. The second kappa shape index (κ2) is 10.5. The third-order valence-electron chi connectivity index (χ3n) is 4.95. The average molecular weight is 502 g/mol. The Labute approximate surface area is 176 Å². The van der Waals surface area contributed by atoms with Crippen molar-refractivity contribution < 1.29 is 13.2 Å². The molecule has 0 radical (unpaired) electrons. The van der Waals surface area contributed by atoms with Crippen LogP contribution in [-0.4, -0.2) is 60.5 Å². The first-order valence-electron chi connectivity index (χ1n) is 8.89. The summed E-state index contributed by atoms with van der Waals surface area (Å²) < 4.78 is 40.1. The molecule has 0 spiro atoms. The molecular formula is C17H30F3IN6. The van der Waals surface area contributed by atoms with E-state index in [1.54, 1.807) is 11.7 Å². The molecule has 1 aromatic heterocycles. The number of aliphatic imine (C=N–C) groups is 1. The third-order valence-corrected chi connectivity index (χ3v) is 4.95. The monoisotopic (exact) mass is 502 g/mol. The minimum atomic E-state index is -4.08. The number of aryl methyl sites for hydroxylation is 1. The van der Waals surface area contributed by atoms with E-state index in [0.717, 1.165) is 5.56 Å². The summed E-state index contributed by atoms with van der Waals surface area (Å²) >= 11 is 0. The largest absolute Gasteiger partial charge is 0.391 e. The number of nitrogens with zero attached hydrogens (tertiary/aromatic N) is 4. The van der Waals surface area contributed by atoms with Gasteiger partial charge in [0.25, 0.3) is 0 Å². The van der Waals surface area contributed by atoms with Gasteiger partial charge in [0.2, 0.25) is 0 Å². The van der Waals surface area contributed by atoms with Gasteiger partial charge in [-0.05, 0) is 39.8 Å². The second-order valence-electron chi connectivity index (χ2n) is 7.11. The molecule has 0 saturated heterocycles. The topological polar surface area (TPSA) is 57.5 Å². The smallest absolute Gasteiger partial charge is 0.354 e. The lowest BCUT2D eigenvalue weighted by Gasteiger charge is -2.31. The van der Waals surface area contributed by atoms with Crippen LogP contribution in [0, 0.1) is 5.92 Å². The highest BCUT2D eigenvalue weighted by atomic mass is 127. The van der Waals surface area contributed by atoms with Gasteiger partial charge in [0.1, 0.15) is 0 Å². The van der Waals surface area contributed by atoms with Gasteiger partial charge < -0.3 is 15.5 Å². The van der Waals surface area contributed by atoms with E-state index >= 15 is 0 Å². The van der Waals surface area contributed by atoms with E-state index in [-0.39, 0.29) is 48.9 Å². The van der Waals surface area contributed by atoms with E-state index in [1.165, 1.54) is 0 Å². The van der Waals surface area contributed by atoms with Crippen LogP contribution < -0.4 is 10.6 Å². The molecule has 0 bridgehead atoms. The first kappa shape index (κ1) is 24.0. The highest BCUT2D eigenvalue weighted by Gasteiger charge is 2.41. The summed E-state index contributed by atoms with van der Waals surface area (Å²) in [5, 5.41) is 10.8. The fourth-order valence-electron chi connectivity index (χ4n) is 3.36. The van der Waals surface area contributed by atoms with Crippen molar-refractivity contribution in [1.29, 1.82) is 0 Å². The van der Waals surface area contributed by atoms with E-state index in [4.69, 9.17) is 0 Å². The first-order valence-corrected chi connectivity index (χ1v) is 8.89. The number of rotatable bonds is 5. The highest BCUT2D eigenvalue weighted by Crippen LogP contribution is 2.37. The summed E-state index contributed by atoms with van der Waals surface area (Å²) in [4.78, 5) is 6.30. The molecule has 1 atom stereocenters. The fraction of sp³-hybridized carbons (Fsp3) is 0.765. The van der Waals surface area contributed by atoms with Crippen molar-refractivity contribution in [3.05, 3.63) is 18.0 Å². The van der Waals surface area contributed by atoms with Crippen LogP contribution in [-0.2, 0) is 7.05 Å². The van der Waals surface area contributed by atoms with Gasteiger partial charge in [-0.2, -0.15) is 18.3 Å². The van der Waals surface area contributed by atoms with Crippen molar-refractivity contribution in [3.8, 4) is 0 Å². The van der Waals surface area contributed by atoms with Crippen molar-refractivity contribution in [3.63, 3.8) is 0 Å². The Morgan fingerprint density at radius 1 is 1.33 bits per heavy atom. The number of hydrogen-bond acceptors (Lipinski definition) is 3. The number of hydrogen-bond donors (Lipinski definition) is 2. The van der Waals surface area contributed by atoms with Gasteiger partial charge in [0.15, 0.2) is 5.96 Å². The zero-order valence-corrected chi connectivity index (χ0v) is 18.6. The molecule has 156 valence electrons. The van der Waals surface area contributed by atoms with Crippen LogP contribution in [0.3, 0.4) is 0 Å². The predicted molar refractivity (Wildman–Crippen MR) is 111 cm³/mol. The highest BCUT2D eigenvalue weighted by molar-refractivity contribution is 14.0. The molecule has 6 nitrogen and oxygen atoms in total. The zero-order chi connectivity index (χ0) is 19.3. The van der Waals surface area contributed by atoms with E-state index in [1.807, 2.05) is 33.5 Å². The minimum Gasteiger partial charge on any atom is -0.354 e. The van der Waals surface area contributed by atoms with Crippen molar-refractivity contribution >= 4 is 29.9 Å². The summed E-state index contributed by atoms with van der Waals surface area (Å²) in [6.07, 6.45) is 1.09. The van der Waals surface area contributed by atoms with E-state index in [2.05, 4.69) is 25.6 Å². The van der Waals surface area contributed by atoms with Gasteiger partial charge in [0, 0.05) is 38.4 Å². The quantitative estimate of drug-likeness (QED) is 0.370. The Morgan fingerprint density at radius 2 is 1.96 bits per heavy atom. The number of nitrogens with one attached hydrogen (secondary N) is 2. The maximum Gasteiger partial charge on any atom is 0.391 e. The molecular weight excluding hydrogens is 472 g/mol. The van der Waals surface area contributed by atoms with Gasteiger partial charge in [-0.1, -0.05) is 0 Å². The Kier molecular flexibility index (Phi) is 9.32. The predicted octanol–water partition coefficient (Wildman–Crippen LogP) is 2.93.